The van der Waals surface area contributed by atoms with E-state index in [2.05, 4.69) is 9.99 Å². The number of rotatable bonds is 2. The SMILES string of the molecule is O=C1ON=C(CCl)C1=Cc1cccs1. The van der Waals surface area contributed by atoms with Crippen LogP contribution in [0, 0.1) is 0 Å². The quantitative estimate of drug-likeness (QED) is 0.442. The Morgan fingerprint density at radius 2 is 2.50 bits per heavy atom. The van der Waals surface area contributed by atoms with Gasteiger partial charge in [0.2, 0.25) is 0 Å². The smallest absolute Gasteiger partial charge is 0.312 e. The molecule has 0 saturated heterocycles. The van der Waals surface area contributed by atoms with Gasteiger partial charge >= 0.3 is 5.97 Å². The van der Waals surface area contributed by atoms with E-state index in [9.17, 15) is 4.79 Å². The molecule has 0 atom stereocenters. The van der Waals surface area contributed by atoms with Crippen molar-refractivity contribution < 1.29 is 9.63 Å². The van der Waals surface area contributed by atoms with Crippen molar-refractivity contribution in [3.63, 3.8) is 0 Å². The predicted molar refractivity (Wildman–Crippen MR) is 56.5 cm³/mol. The first-order valence-corrected chi connectivity index (χ1v) is 5.32. The zero-order chi connectivity index (χ0) is 9.97. The van der Waals surface area contributed by atoms with Gasteiger partial charge in [0.15, 0.2) is 0 Å². The molecule has 1 aromatic rings. The average molecular weight is 228 g/mol. The van der Waals surface area contributed by atoms with Gasteiger partial charge in [-0.15, -0.1) is 22.9 Å². The molecule has 0 bridgehead atoms. The number of thiophene rings is 1. The van der Waals surface area contributed by atoms with E-state index < -0.39 is 5.97 Å². The second kappa shape index (κ2) is 3.94. The van der Waals surface area contributed by atoms with Gasteiger partial charge in [0.1, 0.15) is 5.71 Å². The molecule has 1 aliphatic heterocycles. The molecule has 0 N–H and O–H groups in total. The fourth-order valence-corrected chi connectivity index (χ4v) is 1.92. The lowest BCUT2D eigenvalue weighted by Gasteiger charge is -1.92. The first kappa shape index (κ1) is 9.43. The molecule has 1 aromatic heterocycles. The number of halogens is 1. The Kier molecular flexibility index (Phi) is 2.65. The largest absolute Gasteiger partial charge is 0.367 e. The van der Waals surface area contributed by atoms with E-state index in [1.807, 2.05) is 17.5 Å². The van der Waals surface area contributed by atoms with E-state index in [-0.39, 0.29) is 5.88 Å². The Bertz CT molecular complexity index is 408. The van der Waals surface area contributed by atoms with Gasteiger partial charge in [-0.1, -0.05) is 11.2 Å². The number of carbonyl (C=O) groups excluding carboxylic acids is 1. The molecular formula is C9H6ClNO2S. The summed E-state index contributed by atoms with van der Waals surface area (Å²) in [4.78, 5) is 16.7. The Morgan fingerprint density at radius 1 is 1.64 bits per heavy atom. The van der Waals surface area contributed by atoms with Crippen LogP contribution in [0.1, 0.15) is 4.88 Å². The van der Waals surface area contributed by atoms with Crippen LogP contribution in [0.2, 0.25) is 0 Å². The lowest BCUT2D eigenvalue weighted by molar-refractivity contribution is -0.136. The van der Waals surface area contributed by atoms with Crippen molar-refractivity contribution in [2.75, 3.05) is 5.88 Å². The van der Waals surface area contributed by atoms with Crippen LogP contribution in [-0.2, 0) is 9.63 Å². The molecule has 0 saturated carbocycles. The van der Waals surface area contributed by atoms with E-state index in [4.69, 9.17) is 11.6 Å². The molecular weight excluding hydrogens is 222 g/mol. The van der Waals surface area contributed by atoms with Gasteiger partial charge in [0.05, 0.1) is 11.5 Å². The molecule has 0 amide bonds. The molecule has 1 aliphatic rings. The summed E-state index contributed by atoms with van der Waals surface area (Å²) in [5.74, 6) is -0.253. The number of alkyl halides is 1. The summed E-state index contributed by atoms with van der Waals surface area (Å²) in [6, 6.07) is 3.82. The third-order valence-electron chi connectivity index (χ3n) is 1.73. The van der Waals surface area contributed by atoms with Crippen molar-refractivity contribution in [3.05, 3.63) is 28.0 Å². The molecule has 2 heterocycles. The topological polar surface area (TPSA) is 38.7 Å². The molecule has 0 unspecified atom stereocenters. The Morgan fingerprint density at radius 3 is 3.14 bits per heavy atom. The lowest BCUT2D eigenvalue weighted by atomic mass is 10.1. The minimum atomic E-state index is -0.436. The molecule has 5 heteroatoms. The first-order valence-electron chi connectivity index (χ1n) is 3.91. The zero-order valence-electron chi connectivity index (χ0n) is 7.07. The van der Waals surface area contributed by atoms with Crippen LogP contribution >= 0.6 is 22.9 Å². The maximum absolute atomic E-state index is 11.2. The van der Waals surface area contributed by atoms with Crippen molar-refractivity contribution in [2.24, 2.45) is 5.16 Å². The van der Waals surface area contributed by atoms with E-state index in [1.165, 1.54) is 0 Å². The van der Waals surface area contributed by atoms with Gasteiger partial charge in [-0.25, -0.2) is 4.79 Å². The van der Waals surface area contributed by atoms with E-state index >= 15 is 0 Å². The highest BCUT2D eigenvalue weighted by Gasteiger charge is 2.24. The van der Waals surface area contributed by atoms with Crippen molar-refractivity contribution in [3.8, 4) is 0 Å². The summed E-state index contributed by atoms with van der Waals surface area (Å²) < 4.78 is 0. The monoisotopic (exact) mass is 227 g/mol. The van der Waals surface area contributed by atoms with Crippen molar-refractivity contribution in [1.29, 1.82) is 0 Å². The molecule has 0 fully saturated rings. The normalized spacial score (nSPS) is 18.5. The molecule has 0 aliphatic carbocycles. The maximum Gasteiger partial charge on any atom is 0.367 e. The minimum absolute atomic E-state index is 0.183. The maximum atomic E-state index is 11.2. The molecule has 0 aromatic carbocycles. The molecule has 14 heavy (non-hydrogen) atoms. The number of hydrogen-bond donors (Lipinski definition) is 0. The lowest BCUT2D eigenvalue weighted by Crippen LogP contribution is -2.05. The van der Waals surface area contributed by atoms with E-state index in [1.54, 1.807) is 17.4 Å². The minimum Gasteiger partial charge on any atom is -0.312 e. The van der Waals surface area contributed by atoms with Gasteiger partial charge in [0, 0.05) is 4.88 Å². The molecule has 0 radical (unpaired) electrons. The van der Waals surface area contributed by atoms with Crippen molar-refractivity contribution in [1.82, 2.24) is 0 Å². The summed E-state index contributed by atoms with van der Waals surface area (Å²) >= 11 is 7.15. The van der Waals surface area contributed by atoms with E-state index in [0.29, 0.717) is 11.3 Å². The third kappa shape index (κ3) is 1.71. The summed E-state index contributed by atoms with van der Waals surface area (Å²) in [6.07, 6.45) is 1.74. The third-order valence-corrected chi connectivity index (χ3v) is 2.80. The van der Waals surface area contributed by atoms with E-state index in [0.717, 1.165) is 4.88 Å². The number of hydrogen-bond acceptors (Lipinski definition) is 4. The van der Waals surface area contributed by atoms with Gasteiger partial charge in [-0.3, -0.25) is 0 Å². The van der Waals surface area contributed by atoms with Crippen LogP contribution in [0.5, 0.6) is 0 Å². The highest BCUT2D eigenvalue weighted by molar-refractivity contribution is 7.10. The van der Waals surface area contributed by atoms with Gasteiger partial charge in [-0.2, -0.15) is 0 Å². The van der Waals surface area contributed by atoms with Crippen LogP contribution < -0.4 is 0 Å². The predicted octanol–water partition coefficient (Wildman–Crippen LogP) is 2.28. The average Bonchev–Trinajstić information content (AvgIpc) is 2.79. The van der Waals surface area contributed by atoms with Crippen LogP contribution in [0.3, 0.4) is 0 Å². The highest BCUT2D eigenvalue weighted by Crippen LogP contribution is 2.19. The Hall–Kier alpha value is -1.13. The second-order valence-corrected chi connectivity index (χ2v) is 3.87. The zero-order valence-corrected chi connectivity index (χ0v) is 8.64. The highest BCUT2D eigenvalue weighted by atomic mass is 35.5. The number of carbonyl (C=O) groups is 1. The molecule has 2 rings (SSSR count). The van der Waals surface area contributed by atoms with Crippen LogP contribution in [0.15, 0.2) is 28.2 Å². The summed E-state index contributed by atoms with van der Waals surface area (Å²) in [6.45, 7) is 0. The van der Waals surface area contributed by atoms with Gasteiger partial charge in [-0.05, 0) is 17.5 Å². The second-order valence-electron chi connectivity index (χ2n) is 2.62. The fraction of sp³-hybridized carbons (Fsp3) is 0.111. The Labute approximate surface area is 89.6 Å². The standard InChI is InChI=1S/C9H6ClNO2S/c10-5-8-7(9(12)13-11-8)4-6-2-1-3-14-6/h1-4H,5H2. The van der Waals surface area contributed by atoms with Crippen LogP contribution in [0.4, 0.5) is 0 Å². The van der Waals surface area contributed by atoms with Crippen LogP contribution in [0.25, 0.3) is 6.08 Å². The molecule has 3 nitrogen and oxygen atoms in total. The van der Waals surface area contributed by atoms with Crippen molar-refractivity contribution in [2.45, 2.75) is 0 Å². The van der Waals surface area contributed by atoms with Gasteiger partial charge in [0.25, 0.3) is 0 Å². The summed E-state index contributed by atoms with van der Waals surface area (Å²) in [7, 11) is 0. The Balaban J connectivity index is 2.33. The fourth-order valence-electron chi connectivity index (χ4n) is 1.07. The summed E-state index contributed by atoms with van der Waals surface area (Å²) in [5, 5.41) is 5.50. The summed E-state index contributed by atoms with van der Waals surface area (Å²) in [5.41, 5.74) is 0.938. The first-order chi connectivity index (χ1) is 6.81. The number of oxime groups is 1. The molecule has 72 valence electrons. The van der Waals surface area contributed by atoms with Crippen LogP contribution in [-0.4, -0.2) is 17.6 Å². The van der Waals surface area contributed by atoms with Gasteiger partial charge < -0.3 is 4.84 Å². The number of nitrogens with zero attached hydrogens (tertiary/aromatic N) is 1. The molecule has 0 spiro atoms. The van der Waals surface area contributed by atoms with Crippen molar-refractivity contribution >= 4 is 40.7 Å².